The smallest absolute Gasteiger partial charge is 0.332 e. The van der Waals surface area contributed by atoms with Crippen molar-refractivity contribution in [2.75, 3.05) is 38.3 Å². The predicted octanol–water partition coefficient (Wildman–Crippen LogP) is 2.56. The lowest BCUT2D eigenvalue weighted by molar-refractivity contribution is 0.281. The van der Waals surface area contributed by atoms with Gasteiger partial charge in [0.25, 0.3) is 0 Å². The molecule has 0 spiro atoms. The van der Waals surface area contributed by atoms with Crippen LogP contribution in [0.2, 0.25) is 0 Å². The second kappa shape index (κ2) is 9.40. The third-order valence-electron chi connectivity index (χ3n) is 3.66. The van der Waals surface area contributed by atoms with Crippen LogP contribution in [-0.4, -0.2) is 52.0 Å². The van der Waals surface area contributed by atoms with Crippen LogP contribution in [0.3, 0.4) is 0 Å². The fourth-order valence-corrected chi connectivity index (χ4v) is 2.84. The summed E-state index contributed by atoms with van der Waals surface area (Å²) in [5, 5.41) is 26.1. The van der Waals surface area contributed by atoms with Gasteiger partial charge in [0.05, 0.1) is 26.0 Å². The zero-order valence-electron chi connectivity index (χ0n) is 14.6. The molecule has 0 saturated heterocycles. The Labute approximate surface area is 156 Å². The third kappa shape index (κ3) is 5.71. The minimum absolute atomic E-state index is 0.0466. The summed E-state index contributed by atoms with van der Waals surface area (Å²) in [6, 6.07) is 10.3. The minimum Gasteiger partial charge on any atom is -0.494 e. The van der Waals surface area contributed by atoms with E-state index >= 15 is 0 Å². The second-order valence-electron chi connectivity index (χ2n) is 5.42. The Morgan fingerprint density at radius 3 is 2.19 bits per heavy atom. The number of hydrogen-bond acceptors (Lipinski definition) is 8. The topological polar surface area (TPSA) is 112 Å². The van der Waals surface area contributed by atoms with E-state index in [1.165, 1.54) is 13.2 Å². The second-order valence-corrected chi connectivity index (χ2v) is 6.77. The lowest BCUT2D eigenvalue weighted by Gasteiger charge is -2.22. The molecule has 0 heterocycles. The average molecular weight is 397 g/mol. The largest absolute Gasteiger partial charge is 0.494 e. The van der Waals surface area contributed by atoms with Crippen molar-refractivity contribution < 1.29 is 27.3 Å². The summed E-state index contributed by atoms with van der Waals surface area (Å²) >= 11 is 0. The molecule has 0 aliphatic carbocycles. The molecule has 0 radical (unpaired) electrons. The highest BCUT2D eigenvalue weighted by Gasteiger charge is 2.15. The number of aliphatic hydroxyl groups is 2. The Hall–Kier alpha value is -2.56. The van der Waals surface area contributed by atoms with Crippen molar-refractivity contribution in [2.24, 2.45) is 10.2 Å². The highest BCUT2D eigenvalue weighted by Crippen LogP contribution is 2.32. The molecular formula is C17H20FN3O5S. The number of anilines is 1. The Balaban J connectivity index is 2.25. The summed E-state index contributed by atoms with van der Waals surface area (Å²) in [6.45, 7) is 0.663. The van der Waals surface area contributed by atoms with E-state index < -0.39 is 15.1 Å². The number of methoxy groups -OCH3 is 1. The maximum Gasteiger partial charge on any atom is 0.332 e. The number of aliphatic hydroxyl groups excluding tert-OH is 2. The SMILES string of the molecule is COc1ccc(S(=O)(=O)F)cc1N=Nc1ccc(N(CCO)CCO)cc1. The van der Waals surface area contributed by atoms with E-state index in [-0.39, 0.29) is 24.7 Å². The molecule has 8 nitrogen and oxygen atoms in total. The molecule has 2 rings (SSSR count). The van der Waals surface area contributed by atoms with Crippen LogP contribution in [0.1, 0.15) is 0 Å². The summed E-state index contributed by atoms with van der Waals surface area (Å²) in [7, 11) is -3.48. The highest BCUT2D eigenvalue weighted by atomic mass is 32.3. The summed E-state index contributed by atoms with van der Waals surface area (Å²) in [5.74, 6) is 0.250. The van der Waals surface area contributed by atoms with Crippen molar-refractivity contribution in [3.05, 3.63) is 42.5 Å². The molecule has 0 aliphatic rings. The van der Waals surface area contributed by atoms with Crippen LogP contribution in [0.25, 0.3) is 0 Å². The number of azo groups is 1. The van der Waals surface area contributed by atoms with Crippen LogP contribution in [0, 0.1) is 0 Å². The summed E-state index contributed by atoms with van der Waals surface area (Å²) in [4.78, 5) is 1.27. The standard InChI is InChI=1S/C17H20FN3O5S/c1-26-17-7-6-15(27(18,24)25)12-16(17)20-19-13-2-4-14(5-3-13)21(8-10-22)9-11-23/h2-7,12,22-23H,8-11H2,1H3. The van der Waals surface area contributed by atoms with Crippen LogP contribution >= 0.6 is 0 Å². The van der Waals surface area contributed by atoms with Crippen molar-refractivity contribution in [3.8, 4) is 5.75 Å². The molecule has 0 unspecified atom stereocenters. The van der Waals surface area contributed by atoms with Crippen LogP contribution in [0.4, 0.5) is 20.9 Å². The number of ether oxygens (including phenoxy) is 1. The lowest BCUT2D eigenvalue weighted by Crippen LogP contribution is -2.29. The van der Waals surface area contributed by atoms with E-state index in [1.54, 1.807) is 29.2 Å². The van der Waals surface area contributed by atoms with Gasteiger partial charge in [-0.1, -0.05) is 0 Å². The number of halogens is 1. The van der Waals surface area contributed by atoms with E-state index in [0.29, 0.717) is 18.8 Å². The van der Waals surface area contributed by atoms with E-state index in [0.717, 1.165) is 17.8 Å². The Morgan fingerprint density at radius 1 is 1.04 bits per heavy atom. The quantitative estimate of drug-likeness (QED) is 0.497. The van der Waals surface area contributed by atoms with Crippen molar-refractivity contribution in [1.82, 2.24) is 0 Å². The summed E-state index contributed by atoms with van der Waals surface area (Å²) in [5.41, 5.74) is 1.34. The van der Waals surface area contributed by atoms with E-state index in [2.05, 4.69) is 10.2 Å². The van der Waals surface area contributed by atoms with Gasteiger partial charge in [-0.25, -0.2) is 0 Å². The first-order valence-corrected chi connectivity index (χ1v) is 9.38. The molecule has 10 heteroatoms. The van der Waals surface area contributed by atoms with Gasteiger partial charge in [-0.05, 0) is 42.5 Å². The van der Waals surface area contributed by atoms with E-state index in [9.17, 15) is 12.3 Å². The number of rotatable bonds is 9. The van der Waals surface area contributed by atoms with Gasteiger partial charge in [0.15, 0.2) is 0 Å². The molecule has 0 aliphatic heterocycles. The normalized spacial score (nSPS) is 11.7. The van der Waals surface area contributed by atoms with Crippen molar-refractivity contribution >= 4 is 27.3 Å². The van der Waals surface area contributed by atoms with Gasteiger partial charge in [0.1, 0.15) is 16.3 Å². The molecular weight excluding hydrogens is 377 g/mol. The number of benzene rings is 2. The van der Waals surface area contributed by atoms with Gasteiger partial charge < -0.3 is 19.8 Å². The summed E-state index contributed by atoms with van der Waals surface area (Å²) in [6.07, 6.45) is 0. The van der Waals surface area contributed by atoms with Crippen molar-refractivity contribution in [1.29, 1.82) is 0 Å². The van der Waals surface area contributed by atoms with Crippen LogP contribution < -0.4 is 9.64 Å². The fraction of sp³-hybridized carbons (Fsp3) is 0.294. The van der Waals surface area contributed by atoms with Crippen LogP contribution in [0.15, 0.2) is 57.6 Å². The Bertz CT molecular complexity index is 882. The summed E-state index contributed by atoms with van der Waals surface area (Å²) < 4.78 is 40.3. The maximum absolute atomic E-state index is 13.2. The molecule has 0 saturated carbocycles. The zero-order chi connectivity index (χ0) is 19.9. The predicted molar refractivity (Wildman–Crippen MR) is 98.3 cm³/mol. The number of hydrogen-bond donors (Lipinski definition) is 2. The molecule has 2 N–H and O–H groups in total. The molecule has 146 valence electrons. The highest BCUT2D eigenvalue weighted by molar-refractivity contribution is 7.86. The molecule has 0 fully saturated rings. The van der Waals surface area contributed by atoms with Gasteiger partial charge >= 0.3 is 10.2 Å². The van der Waals surface area contributed by atoms with Gasteiger partial charge in [-0.3, -0.25) is 0 Å². The molecule has 2 aromatic carbocycles. The first kappa shape index (κ1) is 20.7. The lowest BCUT2D eigenvalue weighted by atomic mass is 10.2. The first-order chi connectivity index (χ1) is 12.9. The molecule has 27 heavy (non-hydrogen) atoms. The fourth-order valence-electron chi connectivity index (χ4n) is 2.35. The van der Waals surface area contributed by atoms with Gasteiger partial charge in [-0.15, -0.1) is 9.00 Å². The number of nitrogens with zero attached hydrogens (tertiary/aromatic N) is 3. The van der Waals surface area contributed by atoms with Gasteiger partial charge in [0.2, 0.25) is 0 Å². The molecule has 0 bridgehead atoms. The van der Waals surface area contributed by atoms with Crippen molar-refractivity contribution in [2.45, 2.75) is 4.90 Å². The van der Waals surface area contributed by atoms with E-state index in [4.69, 9.17) is 14.9 Å². The third-order valence-corrected chi connectivity index (χ3v) is 4.48. The molecule has 2 aromatic rings. The molecule has 0 aromatic heterocycles. The maximum atomic E-state index is 13.2. The average Bonchev–Trinajstić information content (AvgIpc) is 2.65. The van der Waals surface area contributed by atoms with Crippen LogP contribution in [-0.2, 0) is 10.2 Å². The van der Waals surface area contributed by atoms with Gasteiger partial charge in [-0.2, -0.15) is 13.5 Å². The molecule has 0 atom stereocenters. The first-order valence-electron chi connectivity index (χ1n) is 8.00. The Kier molecular flexibility index (Phi) is 7.22. The molecule has 0 amide bonds. The zero-order valence-corrected chi connectivity index (χ0v) is 15.4. The Morgan fingerprint density at radius 2 is 1.67 bits per heavy atom. The van der Waals surface area contributed by atoms with Crippen molar-refractivity contribution in [3.63, 3.8) is 0 Å². The van der Waals surface area contributed by atoms with Crippen LogP contribution in [0.5, 0.6) is 5.75 Å². The minimum atomic E-state index is -4.86. The van der Waals surface area contributed by atoms with E-state index in [1.807, 2.05) is 0 Å². The monoisotopic (exact) mass is 397 g/mol. The van der Waals surface area contributed by atoms with Gasteiger partial charge in [0, 0.05) is 18.8 Å².